The highest BCUT2D eigenvalue weighted by Gasteiger charge is 2.39. The van der Waals surface area contributed by atoms with Crippen molar-refractivity contribution in [3.63, 3.8) is 0 Å². The molecule has 240 valence electrons. The molecule has 44 heavy (non-hydrogen) atoms. The number of hydrogen-bond acceptors (Lipinski definition) is 4. The smallest absolute Gasteiger partial charge is 0.369 e. The number of nitrogens with one attached hydrogen (secondary N) is 2. The summed E-state index contributed by atoms with van der Waals surface area (Å²) in [5.74, 6) is -7.34. The van der Waals surface area contributed by atoms with E-state index in [0.717, 1.165) is 18.2 Å². The van der Waals surface area contributed by atoms with Crippen LogP contribution in [0.1, 0.15) is 54.4 Å². The van der Waals surface area contributed by atoms with Crippen molar-refractivity contribution in [2.24, 2.45) is 22.6 Å². The standard InChI is InChI=1S/C28H27F9N4O3/c1-14-5-2-8-19-20(14)40-25(44)23(39-21(19)15-6-3-7-16(13-15)28(35,36)37)41-24(43)18(10-12-27(32,33)34)17(22(38)42)9-4-11-26(29,30)31/h2-3,5-8,13,17-18,23H,4,9-12H2,1H3,(H2,38,42)(H,40,44)(H,41,43)/t17-,18+,23?/m0/s1. The molecule has 1 unspecified atom stereocenters. The van der Waals surface area contributed by atoms with Crippen LogP contribution < -0.4 is 16.4 Å². The number of fused-ring (bicyclic) bond motifs is 1. The van der Waals surface area contributed by atoms with Crippen LogP contribution in [-0.4, -0.2) is 42.0 Å². The van der Waals surface area contributed by atoms with Gasteiger partial charge in [-0.2, -0.15) is 39.5 Å². The van der Waals surface area contributed by atoms with Crippen LogP contribution in [0.3, 0.4) is 0 Å². The fourth-order valence-corrected chi connectivity index (χ4v) is 4.79. The van der Waals surface area contributed by atoms with Crippen molar-refractivity contribution >= 4 is 29.1 Å². The molecule has 0 bridgehead atoms. The second kappa shape index (κ2) is 13.3. The third-order valence-corrected chi connectivity index (χ3v) is 6.93. The number of carbonyl (C=O) groups excluding carboxylic acids is 3. The molecular weight excluding hydrogens is 611 g/mol. The third kappa shape index (κ3) is 9.19. The van der Waals surface area contributed by atoms with E-state index in [9.17, 15) is 53.9 Å². The first-order valence-corrected chi connectivity index (χ1v) is 13.2. The summed E-state index contributed by atoms with van der Waals surface area (Å²) in [6.07, 6.45) is -21.6. The van der Waals surface area contributed by atoms with Gasteiger partial charge in [0.15, 0.2) is 0 Å². The quantitative estimate of drug-likeness (QED) is 0.276. The number of para-hydroxylation sites is 1. The molecule has 2 aromatic carbocycles. The summed E-state index contributed by atoms with van der Waals surface area (Å²) in [5.41, 5.74) is 4.72. The Bertz CT molecular complexity index is 1420. The summed E-state index contributed by atoms with van der Waals surface area (Å²) in [6, 6.07) is 8.48. The highest BCUT2D eigenvalue weighted by atomic mass is 19.4. The number of benzene rings is 2. The summed E-state index contributed by atoms with van der Waals surface area (Å²) < 4.78 is 118. The zero-order chi connectivity index (χ0) is 33.0. The predicted octanol–water partition coefficient (Wildman–Crippen LogP) is 6.04. The number of aryl methyl sites for hydroxylation is 1. The van der Waals surface area contributed by atoms with Crippen molar-refractivity contribution in [1.29, 1.82) is 0 Å². The van der Waals surface area contributed by atoms with Gasteiger partial charge in [0.2, 0.25) is 18.0 Å². The predicted molar refractivity (Wildman–Crippen MR) is 140 cm³/mol. The first-order valence-electron chi connectivity index (χ1n) is 13.2. The number of anilines is 1. The van der Waals surface area contributed by atoms with Crippen LogP contribution in [0.2, 0.25) is 0 Å². The lowest BCUT2D eigenvalue weighted by atomic mass is 9.83. The van der Waals surface area contributed by atoms with Gasteiger partial charge in [-0.1, -0.05) is 30.3 Å². The molecule has 0 aromatic heterocycles. The second-order valence-corrected chi connectivity index (χ2v) is 10.2. The average Bonchev–Trinajstić information content (AvgIpc) is 3.03. The number of nitrogens with two attached hydrogens (primary N) is 1. The number of carbonyl (C=O) groups is 3. The van der Waals surface area contributed by atoms with E-state index in [0.29, 0.717) is 5.56 Å². The summed E-state index contributed by atoms with van der Waals surface area (Å²) >= 11 is 0. The van der Waals surface area contributed by atoms with Crippen LogP contribution in [0.5, 0.6) is 0 Å². The SMILES string of the molecule is Cc1cccc2c1NC(=O)C(NC(=O)[C@H](CCC(F)(F)F)[C@H](CCCC(F)(F)F)C(N)=O)N=C2c1cccc(C(F)(F)F)c1. The highest BCUT2D eigenvalue weighted by molar-refractivity contribution is 6.20. The van der Waals surface area contributed by atoms with E-state index in [2.05, 4.69) is 15.6 Å². The molecule has 0 radical (unpaired) electrons. The molecule has 1 heterocycles. The number of rotatable bonds is 10. The summed E-state index contributed by atoms with van der Waals surface area (Å²) in [5, 5.41) is 4.63. The minimum atomic E-state index is -4.82. The van der Waals surface area contributed by atoms with E-state index in [4.69, 9.17) is 5.73 Å². The van der Waals surface area contributed by atoms with E-state index in [-0.39, 0.29) is 22.5 Å². The lowest BCUT2D eigenvalue weighted by molar-refractivity contribution is -0.147. The van der Waals surface area contributed by atoms with Crippen molar-refractivity contribution in [2.75, 3.05) is 5.32 Å². The fourth-order valence-electron chi connectivity index (χ4n) is 4.79. The first kappa shape index (κ1) is 34.4. The van der Waals surface area contributed by atoms with Crippen LogP contribution in [0.15, 0.2) is 47.5 Å². The molecule has 3 atom stereocenters. The van der Waals surface area contributed by atoms with Crippen molar-refractivity contribution < 1.29 is 53.9 Å². The Kier molecular flexibility index (Phi) is 10.4. The number of halogens is 9. The molecule has 3 amide bonds. The average molecular weight is 639 g/mol. The van der Waals surface area contributed by atoms with Gasteiger partial charge in [0.25, 0.3) is 5.91 Å². The van der Waals surface area contributed by atoms with Gasteiger partial charge in [0.1, 0.15) is 0 Å². The molecule has 2 aromatic rings. The molecule has 3 rings (SSSR count). The largest absolute Gasteiger partial charge is 0.416 e. The van der Waals surface area contributed by atoms with E-state index < -0.39 is 91.9 Å². The molecule has 0 fully saturated rings. The van der Waals surface area contributed by atoms with Gasteiger partial charge >= 0.3 is 18.5 Å². The van der Waals surface area contributed by atoms with E-state index in [1.807, 2.05) is 0 Å². The van der Waals surface area contributed by atoms with Crippen molar-refractivity contribution in [1.82, 2.24) is 5.32 Å². The number of amides is 3. The molecule has 1 aliphatic rings. The summed E-state index contributed by atoms with van der Waals surface area (Å²) in [6.45, 7) is 1.58. The molecule has 0 saturated heterocycles. The Morgan fingerprint density at radius 2 is 1.57 bits per heavy atom. The number of nitrogens with zero attached hydrogens (tertiary/aromatic N) is 1. The van der Waals surface area contributed by atoms with Gasteiger partial charge < -0.3 is 16.4 Å². The maximum Gasteiger partial charge on any atom is 0.416 e. The Labute approximate surface area is 245 Å². The topological polar surface area (TPSA) is 114 Å². The van der Waals surface area contributed by atoms with E-state index in [1.54, 1.807) is 13.0 Å². The van der Waals surface area contributed by atoms with Gasteiger partial charge in [0, 0.05) is 35.8 Å². The highest BCUT2D eigenvalue weighted by Crippen LogP contribution is 2.34. The lowest BCUT2D eigenvalue weighted by Gasteiger charge is -2.26. The van der Waals surface area contributed by atoms with Gasteiger partial charge in [-0.3, -0.25) is 14.4 Å². The number of benzodiazepines with no additional fused rings is 1. The lowest BCUT2D eigenvalue weighted by Crippen LogP contribution is -2.48. The molecule has 16 heteroatoms. The molecular formula is C28H27F9N4O3. The molecule has 0 saturated carbocycles. The molecule has 0 spiro atoms. The van der Waals surface area contributed by atoms with Gasteiger partial charge in [-0.05, 0) is 43.9 Å². The normalized spacial score (nSPS) is 17.1. The van der Waals surface area contributed by atoms with Crippen molar-refractivity contribution in [3.8, 4) is 0 Å². The maximum absolute atomic E-state index is 13.5. The van der Waals surface area contributed by atoms with E-state index >= 15 is 0 Å². The van der Waals surface area contributed by atoms with Gasteiger partial charge in [-0.15, -0.1) is 0 Å². The maximum atomic E-state index is 13.5. The van der Waals surface area contributed by atoms with Crippen LogP contribution in [0.25, 0.3) is 0 Å². The first-order chi connectivity index (χ1) is 20.3. The molecule has 7 nitrogen and oxygen atoms in total. The van der Waals surface area contributed by atoms with E-state index in [1.165, 1.54) is 18.2 Å². The minimum Gasteiger partial charge on any atom is -0.369 e. The fraction of sp³-hybridized carbons (Fsp3) is 0.429. The molecule has 1 aliphatic heterocycles. The second-order valence-electron chi connectivity index (χ2n) is 10.2. The van der Waals surface area contributed by atoms with Crippen LogP contribution >= 0.6 is 0 Å². The number of aliphatic imine (C=N–C) groups is 1. The minimum absolute atomic E-state index is 0.113. The summed E-state index contributed by atoms with van der Waals surface area (Å²) in [7, 11) is 0. The van der Waals surface area contributed by atoms with Crippen LogP contribution in [-0.2, 0) is 20.6 Å². The van der Waals surface area contributed by atoms with Gasteiger partial charge in [0.05, 0.1) is 17.0 Å². The molecule has 0 aliphatic carbocycles. The Hall–Kier alpha value is -4.11. The zero-order valence-electron chi connectivity index (χ0n) is 23.0. The Morgan fingerprint density at radius 3 is 2.16 bits per heavy atom. The summed E-state index contributed by atoms with van der Waals surface area (Å²) in [4.78, 5) is 42.9. The molecule has 4 N–H and O–H groups in total. The zero-order valence-corrected chi connectivity index (χ0v) is 23.0. The van der Waals surface area contributed by atoms with Crippen molar-refractivity contribution in [2.45, 2.75) is 63.7 Å². The number of primary amides is 1. The number of hydrogen-bond donors (Lipinski definition) is 3. The van der Waals surface area contributed by atoms with Gasteiger partial charge in [-0.25, -0.2) is 4.99 Å². The monoisotopic (exact) mass is 638 g/mol. The van der Waals surface area contributed by atoms with Crippen molar-refractivity contribution in [3.05, 3.63) is 64.7 Å². The van der Waals surface area contributed by atoms with Crippen LogP contribution in [0, 0.1) is 18.8 Å². The van der Waals surface area contributed by atoms with Crippen LogP contribution in [0.4, 0.5) is 45.2 Å². The number of alkyl halides is 9. The Balaban J connectivity index is 2.04. The Morgan fingerprint density at radius 1 is 0.932 bits per heavy atom. The third-order valence-electron chi connectivity index (χ3n) is 6.93.